The zero-order valence-corrected chi connectivity index (χ0v) is 15.1. The second kappa shape index (κ2) is 7.62. The van der Waals surface area contributed by atoms with Crippen molar-refractivity contribution in [3.8, 4) is 0 Å². The van der Waals surface area contributed by atoms with Crippen LogP contribution in [0.3, 0.4) is 0 Å². The van der Waals surface area contributed by atoms with Gasteiger partial charge >= 0.3 is 0 Å². The van der Waals surface area contributed by atoms with Crippen LogP contribution in [0.25, 0.3) is 0 Å². The van der Waals surface area contributed by atoms with Crippen LogP contribution in [-0.4, -0.2) is 11.8 Å². The van der Waals surface area contributed by atoms with Crippen LogP contribution >= 0.6 is 27.5 Å². The van der Waals surface area contributed by atoms with Crippen molar-refractivity contribution in [3.63, 3.8) is 0 Å². The van der Waals surface area contributed by atoms with E-state index in [-0.39, 0.29) is 12.3 Å². The van der Waals surface area contributed by atoms with Crippen molar-refractivity contribution in [1.82, 2.24) is 0 Å². The summed E-state index contributed by atoms with van der Waals surface area (Å²) < 4.78 is 0.775. The van der Waals surface area contributed by atoms with Gasteiger partial charge in [-0.3, -0.25) is 9.59 Å². The predicted octanol–water partition coefficient (Wildman–Crippen LogP) is 4.69. The molecule has 23 heavy (non-hydrogen) atoms. The predicted molar refractivity (Wildman–Crippen MR) is 96.9 cm³/mol. The maximum atomic E-state index is 12.0. The highest BCUT2D eigenvalue weighted by atomic mass is 79.9. The number of carbonyl (C=O) groups is 2. The lowest BCUT2D eigenvalue weighted by atomic mass is 10.2. The fraction of sp³-hybridized carbons (Fsp3) is 0.176. The van der Waals surface area contributed by atoms with Crippen LogP contribution in [-0.2, 0) is 9.59 Å². The summed E-state index contributed by atoms with van der Waals surface area (Å²) in [4.78, 5) is 23.9. The molecule has 0 saturated carbocycles. The van der Waals surface area contributed by atoms with E-state index in [9.17, 15) is 9.59 Å². The third kappa shape index (κ3) is 5.08. The topological polar surface area (TPSA) is 58.2 Å². The van der Waals surface area contributed by atoms with E-state index >= 15 is 0 Å². The Labute approximate surface area is 148 Å². The van der Waals surface area contributed by atoms with Gasteiger partial charge in [-0.2, -0.15) is 0 Å². The van der Waals surface area contributed by atoms with E-state index in [1.165, 1.54) is 0 Å². The van der Waals surface area contributed by atoms with Gasteiger partial charge in [0.1, 0.15) is 6.42 Å². The molecule has 0 aromatic heterocycles. The molecule has 2 N–H and O–H groups in total. The number of aryl methyl sites for hydroxylation is 2. The highest BCUT2D eigenvalue weighted by molar-refractivity contribution is 9.10. The van der Waals surface area contributed by atoms with Gasteiger partial charge in [0.05, 0.1) is 5.69 Å². The fourth-order valence-electron chi connectivity index (χ4n) is 1.94. The van der Waals surface area contributed by atoms with Crippen LogP contribution in [0.5, 0.6) is 0 Å². The van der Waals surface area contributed by atoms with Gasteiger partial charge in [0, 0.05) is 15.2 Å². The molecule has 0 unspecified atom stereocenters. The second-order valence-electron chi connectivity index (χ2n) is 5.22. The summed E-state index contributed by atoms with van der Waals surface area (Å²) in [5, 5.41) is 5.92. The van der Waals surface area contributed by atoms with E-state index < -0.39 is 5.91 Å². The summed E-state index contributed by atoms with van der Waals surface area (Å²) in [6.45, 7) is 3.83. The number of hydrogen-bond donors (Lipinski definition) is 2. The van der Waals surface area contributed by atoms with Crippen molar-refractivity contribution in [1.29, 1.82) is 0 Å². The van der Waals surface area contributed by atoms with Gasteiger partial charge in [-0.05, 0) is 65.2 Å². The van der Waals surface area contributed by atoms with Crippen molar-refractivity contribution in [2.75, 3.05) is 10.6 Å². The number of rotatable bonds is 4. The van der Waals surface area contributed by atoms with Gasteiger partial charge in [0.25, 0.3) is 0 Å². The monoisotopic (exact) mass is 394 g/mol. The number of benzene rings is 2. The lowest BCUT2D eigenvalue weighted by molar-refractivity contribution is -0.123. The molecular weight excluding hydrogens is 380 g/mol. The minimum absolute atomic E-state index is 0.272. The van der Waals surface area contributed by atoms with E-state index in [1.807, 2.05) is 26.0 Å². The number of halogens is 2. The van der Waals surface area contributed by atoms with E-state index in [0.717, 1.165) is 15.6 Å². The first kappa shape index (κ1) is 17.5. The highest BCUT2D eigenvalue weighted by Crippen LogP contribution is 2.23. The van der Waals surface area contributed by atoms with E-state index in [1.54, 1.807) is 24.3 Å². The molecule has 0 aliphatic heterocycles. The zero-order chi connectivity index (χ0) is 17.0. The molecule has 2 aromatic rings. The van der Waals surface area contributed by atoms with Crippen molar-refractivity contribution >= 4 is 50.7 Å². The molecule has 0 fully saturated rings. The smallest absolute Gasteiger partial charge is 0.233 e. The quantitative estimate of drug-likeness (QED) is 0.738. The molecule has 0 bridgehead atoms. The maximum Gasteiger partial charge on any atom is 0.233 e. The summed E-state index contributed by atoms with van der Waals surface area (Å²) >= 11 is 9.39. The summed E-state index contributed by atoms with van der Waals surface area (Å²) in [5.74, 6) is -0.782. The third-order valence-corrected chi connectivity index (χ3v) is 4.24. The van der Waals surface area contributed by atoms with Crippen molar-refractivity contribution in [3.05, 3.63) is 57.0 Å². The number of hydrogen-bond acceptors (Lipinski definition) is 2. The van der Waals surface area contributed by atoms with Crippen LogP contribution in [0.2, 0.25) is 5.02 Å². The van der Waals surface area contributed by atoms with Crippen LogP contribution in [0.15, 0.2) is 40.9 Å². The Balaban J connectivity index is 1.94. The molecule has 0 radical (unpaired) electrons. The number of anilines is 2. The van der Waals surface area contributed by atoms with Gasteiger partial charge in [-0.15, -0.1) is 0 Å². The average molecular weight is 396 g/mol. The third-order valence-electron chi connectivity index (χ3n) is 3.18. The van der Waals surface area contributed by atoms with Gasteiger partial charge < -0.3 is 10.6 Å². The Morgan fingerprint density at radius 1 is 1.04 bits per heavy atom. The first-order valence-corrected chi connectivity index (χ1v) is 8.14. The Morgan fingerprint density at radius 3 is 2.39 bits per heavy atom. The van der Waals surface area contributed by atoms with Crippen molar-refractivity contribution in [2.24, 2.45) is 0 Å². The molecule has 0 aliphatic rings. The van der Waals surface area contributed by atoms with Crippen molar-refractivity contribution in [2.45, 2.75) is 20.3 Å². The normalized spacial score (nSPS) is 10.3. The van der Waals surface area contributed by atoms with Crippen LogP contribution in [0.4, 0.5) is 11.4 Å². The first-order chi connectivity index (χ1) is 10.8. The molecule has 2 rings (SSSR count). The Bertz CT molecular complexity index is 762. The SMILES string of the molecule is Cc1ccc(NC(=O)CC(=O)Nc2ccc(C)c(Cl)c2)c(Br)c1. The molecule has 0 spiro atoms. The highest BCUT2D eigenvalue weighted by Gasteiger charge is 2.12. The molecule has 0 heterocycles. The molecule has 2 aromatic carbocycles. The minimum atomic E-state index is -0.398. The summed E-state index contributed by atoms with van der Waals surface area (Å²) in [7, 11) is 0. The van der Waals surface area contributed by atoms with Crippen LogP contribution < -0.4 is 10.6 Å². The Kier molecular flexibility index (Phi) is 5.80. The molecule has 4 nitrogen and oxygen atoms in total. The van der Waals surface area contributed by atoms with Gasteiger partial charge in [0.2, 0.25) is 11.8 Å². The molecule has 2 amide bonds. The van der Waals surface area contributed by atoms with Gasteiger partial charge in [0.15, 0.2) is 0 Å². The number of nitrogens with one attached hydrogen (secondary N) is 2. The fourth-order valence-corrected chi connectivity index (χ4v) is 2.71. The Hall–Kier alpha value is -1.85. The van der Waals surface area contributed by atoms with Crippen LogP contribution in [0.1, 0.15) is 17.5 Å². The van der Waals surface area contributed by atoms with E-state index in [2.05, 4.69) is 26.6 Å². The molecule has 6 heteroatoms. The standard InChI is InChI=1S/C17H16BrClN2O2/c1-10-3-6-15(13(18)7-10)21-17(23)9-16(22)20-12-5-4-11(2)14(19)8-12/h3-8H,9H2,1-2H3,(H,20,22)(H,21,23). The lowest BCUT2D eigenvalue weighted by Crippen LogP contribution is -2.21. The average Bonchev–Trinajstić information content (AvgIpc) is 2.46. The van der Waals surface area contributed by atoms with Crippen LogP contribution in [0, 0.1) is 13.8 Å². The lowest BCUT2D eigenvalue weighted by Gasteiger charge is -2.09. The minimum Gasteiger partial charge on any atom is -0.326 e. The molecule has 0 aliphatic carbocycles. The van der Waals surface area contributed by atoms with Gasteiger partial charge in [-0.1, -0.05) is 23.7 Å². The number of carbonyl (C=O) groups excluding carboxylic acids is 2. The molecule has 0 atom stereocenters. The number of amides is 2. The van der Waals surface area contributed by atoms with E-state index in [4.69, 9.17) is 11.6 Å². The van der Waals surface area contributed by atoms with E-state index in [0.29, 0.717) is 16.4 Å². The summed E-state index contributed by atoms with van der Waals surface area (Å²) in [6, 6.07) is 10.8. The maximum absolute atomic E-state index is 12.0. The summed E-state index contributed by atoms with van der Waals surface area (Å²) in [5.41, 5.74) is 3.19. The van der Waals surface area contributed by atoms with Crippen molar-refractivity contribution < 1.29 is 9.59 Å². The second-order valence-corrected chi connectivity index (χ2v) is 6.48. The Morgan fingerprint density at radius 2 is 1.74 bits per heavy atom. The molecular formula is C17H16BrClN2O2. The first-order valence-electron chi connectivity index (χ1n) is 6.97. The molecule has 0 saturated heterocycles. The van der Waals surface area contributed by atoms with Gasteiger partial charge in [-0.25, -0.2) is 0 Å². The molecule has 120 valence electrons. The zero-order valence-electron chi connectivity index (χ0n) is 12.7. The largest absolute Gasteiger partial charge is 0.326 e. The summed E-state index contributed by atoms with van der Waals surface area (Å²) in [6.07, 6.45) is -0.272.